The number of carbonyl (C=O) groups is 2. The fraction of sp³-hybridized carbons (Fsp3) is 0.429. The largest absolute Gasteiger partial charge is 0.474 e. The molecule has 1 rings (SSSR count). The third-order valence-electron chi connectivity index (χ3n) is 2.67. The van der Waals surface area contributed by atoms with Gasteiger partial charge in [0.2, 0.25) is 0 Å². The normalized spacial score (nSPS) is 15.6. The molecule has 0 spiro atoms. The van der Waals surface area contributed by atoms with Crippen molar-refractivity contribution in [3.63, 3.8) is 0 Å². The number of para-hydroxylation sites is 1. The van der Waals surface area contributed by atoms with Crippen LogP contribution in [0.3, 0.4) is 0 Å². The fourth-order valence-corrected chi connectivity index (χ4v) is 1.83. The van der Waals surface area contributed by atoms with Gasteiger partial charge in [0.05, 0.1) is 8.43 Å². The predicted octanol–water partition coefficient (Wildman–Crippen LogP) is 1.97. The van der Waals surface area contributed by atoms with E-state index in [9.17, 15) is 9.59 Å². The van der Waals surface area contributed by atoms with Gasteiger partial charge in [-0.3, -0.25) is 9.69 Å². The second-order valence-electron chi connectivity index (χ2n) is 3.85. The van der Waals surface area contributed by atoms with Crippen LogP contribution in [0, 0.1) is 6.92 Å². The highest BCUT2D eigenvalue weighted by Gasteiger charge is 2.25. The molecular weight excluding hydrogens is 246 g/mol. The zero-order chi connectivity index (χ0) is 18.7. The van der Waals surface area contributed by atoms with E-state index in [-0.39, 0.29) is 5.69 Å². The van der Waals surface area contributed by atoms with Gasteiger partial charge in [0.15, 0.2) is 0 Å². The second kappa shape index (κ2) is 6.89. The van der Waals surface area contributed by atoms with Crippen LogP contribution in [0.15, 0.2) is 18.2 Å². The van der Waals surface area contributed by atoms with Crippen LogP contribution in [0.1, 0.15) is 31.8 Å². The molecular formula is C14H19NO4. The molecule has 1 amide bonds. The molecule has 0 saturated heterocycles. The van der Waals surface area contributed by atoms with Crippen molar-refractivity contribution in [1.29, 1.82) is 0 Å². The molecule has 1 aromatic carbocycles. The Balaban J connectivity index is 3.26. The number of hydrogen-bond donors (Lipinski definition) is 1. The molecule has 0 aliphatic carbocycles. The van der Waals surface area contributed by atoms with E-state index in [2.05, 4.69) is 0 Å². The van der Waals surface area contributed by atoms with Crippen molar-refractivity contribution in [2.45, 2.75) is 27.1 Å². The number of aryl methyl sites for hydroxylation is 2. The summed E-state index contributed by atoms with van der Waals surface area (Å²) in [6.45, 7) is -3.48. The van der Waals surface area contributed by atoms with Gasteiger partial charge in [-0.15, -0.1) is 0 Å². The highest BCUT2D eigenvalue weighted by molar-refractivity contribution is 6.37. The Morgan fingerprint density at radius 1 is 1.53 bits per heavy atom. The molecule has 104 valence electrons. The van der Waals surface area contributed by atoms with E-state index in [4.69, 9.17) is 16.7 Å². The number of carboxylic acid groups (broad SMARTS) is 1. The standard InChI is InChI=1S/C14H19NO4/c1-4-11-8-6-7-10(3)12(11)15(9-19-5-2)13(16)14(17)18/h6-8H,4-5,9H2,1-3H3,(H,17,18)/i2D3,5D2. The molecule has 0 unspecified atom stereocenters. The molecule has 0 atom stereocenters. The highest BCUT2D eigenvalue weighted by Crippen LogP contribution is 2.26. The second-order valence-corrected chi connectivity index (χ2v) is 3.85. The predicted molar refractivity (Wildman–Crippen MR) is 72.2 cm³/mol. The lowest BCUT2D eigenvalue weighted by Gasteiger charge is -2.24. The molecule has 0 heterocycles. The average Bonchev–Trinajstić information content (AvgIpc) is 2.46. The topological polar surface area (TPSA) is 66.8 Å². The van der Waals surface area contributed by atoms with Gasteiger partial charge in [0.1, 0.15) is 6.73 Å². The third kappa shape index (κ3) is 3.54. The lowest BCUT2D eigenvalue weighted by atomic mass is 10.0. The number of rotatable bonds is 5. The van der Waals surface area contributed by atoms with Gasteiger partial charge in [0, 0.05) is 10.7 Å². The number of carboxylic acids is 1. The summed E-state index contributed by atoms with van der Waals surface area (Å²) >= 11 is 0. The molecule has 19 heavy (non-hydrogen) atoms. The number of nitrogens with zero attached hydrogens (tertiary/aromatic N) is 1. The molecule has 1 aromatic rings. The summed E-state index contributed by atoms with van der Waals surface area (Å²) in [6.07, 6.45) is 0.493. The van der Waals surface area contributed by atoms with E-state index in [1.807, 2.05) is 6.92 Å². The van der Waals surface area contributed by atoms with Crippen molar-refractivity contribution in [1.82, 2.24) is 0 Å². The molecule has 5 nitrogen and oxygen atoms in total. The summed E-state index contributed by atoms with van der Waals surface area (Å²) < 4.78 is 40.9. The van der Waals surface area contributed by atoms with E-state index in [0.717, 1.165) is 4.90 Å². The minimum Gasteiger partial charge on any atom is -0.474 e. The van der Waals surface area contributed by atoms with Crippen LogP contribution >= 0.6 is 0 Å². The van der Waals surface area contributed by atoms with Crippen molar-refractivity contribution in [2.75, 3.05) is 18.2 Å². The first-order valence-corrected chi connectivity index (χ1v) is 5.69. The Hall–Kier alpha value is -1.88. The van der Waals surface area contributed by atoms with Gasteiger partial charge in [-0.05, 0) is 31.3 Å². The summed E-state index contributed by atoms with van der Waals surface area (Å²) in [5.74, 6) is -3.08. The van der Waals surface area contributed by atoms with Gasteiger partial charge < -0.3 is 9.84 Å². The number of anilines is 1. The van der Waals surface area contributed by atoms with Crippen molar-refractivity contribution in [3.05, 3.63) is 29.3 Å². The van der Waals surface area contributed by atoms with E-state index < -0.39 is 32.0 Å². The van der Waals surface area contributed by atoms with Crippen LogP contribution in [0.4, 0.5) is 5.69 Å². The Bertz CT molecular complexity index is 630. The number of hydrogen-bond acceptors (Lipinski definition) is 3. The zero-order valence-electron chi connectivity index (χ0n) is 15.8. The average molecular weight is 270 g/mol. The lowest BCUT2D eigenvalue weighted by Crippen LogP contribution is -2.39. The summed E-state index contributed by atoms with van der Waals surface area (Å²) in [4.78, 5) is 23.8. The van der Waals surface area contributed by atoms with Crippen molar-refractivity contribution >= 4 is 17.6 Å². The van der Waals surface area contributed by atoms with Crippen LogP contribution in [-0.2, 0) is 20.7 Å². The van der Waals surface area contributed by atoms with Crippen LogP contribution in [-0.4, -0.2) is 30.3 Å². The Kier molecular flexibility index (Phi) is 3.30. The molecule has 0 fully saturated rings. The molecule has 1 N–H and O–H groups in total. The van der Waals surface area contributed by atoms with Gasteiger partial charge >= 0.3 is 11.9 Å². The minimum atomic E-state index is -3.08. The van der Waals surface area contributed by atoms with Crippen molar-refractivity contribution in [3.8, 4) is 0 Å². The maximum atomic E-state index is 12.0. The molecule has 0 saturated carbocycles. The Morgan fingerprint density at radius 2 is 2.26 bits per heavy atom. The molecule has 5 heteroatoms. The smallest absolute Gasteiger partial charge is 0.395 e. The summed E-state index contributed by atoms with van der Waals surface area (Å²) in [5, 5.41) is 9.01. The fourth-order valence-electron chi connectivity index (χ4n) is 1.83. The van der Waals surface area contributed by atoms with E-state index in [1.54, 1.807) is 25.1 Å². The van der Waals surface area contributed by atoms with Crippen LogP contribution in [0.5, 0.6) is 0 Å². The van der Waals surface area contributed by atoms with Crippen LogP contribution < -0.4 is 4.90 Å². The van der Waals surface area contributed by atoms with Gasteiger partial charge in [-0.2, -0.15) is 0 Å². The molecule has 0 bridgehead atoms. The summed E-state index contributed by atoms with van der Waals surface area (Å²) in [7, 11) is 0. The minimum absolute atomic E-state index is 0.272. The third-order valence-corrected chi connectivity index (χ3v) is 2.67. The SMILES string of the molecule is [2H]C([2H])([2H])C([2H])([2H])OCN(C(=O)C(=O)O)c1c(C)cccc1CC. The molecule has 0 aliphatic heterocycles. The first-order chi connectivity index (χ1) is 10.9. The van der Waals surface area contributed by atoms with Gasteiger partial charge in [0.25, 0.3) is 0 Å². The number of amides is 1. The highest BCUT2D eigenvalue weighted by atomic mass is 16.5. The number of benzene rings is 1. The molecule has 0 aromatic heterocycles. The van der Waals surface area contributed by atoms with Gasteiger partial charge in [-0.25, -0.2) is 4.79 Å². The van der Waals surface area contributed by atoms with Crippen LogP contribution in [0.2, 0.25) is 0 Å². The summed E-state index contributed by atoms with van der Waals surface area (Å²) in [6, 6.07) is 5.10. The van der Waals surface area contributed by atoms with E-state index >= 15 is 0 Å². The summed E-state index contributed by atoms with van der Waals surface area (Å²) in [5.41, 5.74) is 1.51. The first-order valence-electron chi connectivity index (χ1n) is 8.19. The zero-order valence-corrected chi connectivity index (χ0v) is 10.8. The number of ether oxygens (including phenoxy) is 1. The van der Waals surface area contributed by atoms with Crippen molar-refractivity contribution < 1.29 is 26.3 Å². The molecule has 0 radical (unpaired) electrons. The Morgan fingerprint density at radius 3 is 2.84 bits per heavy atom. The maximum Gasteiger partial charge on any atom is 0.395 e. The number of aliphatic carboxylic acids is 1. The van der Waals surface area contributed by atoms with E-state index in [0.29, 0.717) is 17.5 Å². The van der Waals surface area contributed by atoms with Crippen LogP contribution in [0.25, 0.3) is 0 Å². The van der Waals surface area contributed by atoms with Gasteiger partial charge in [-0.1, -0.05) is 25.1 Å². The lowest BCUT2D eigenvalue weighted by molar-refractivity contribution is -0.149. The maximum absolute atomic E-state index is 12.0. The number of carbonyl (C=O) groups excluding carboxylic acids is 1. The quantitative estimate of drug-likeness (QED) is 0.656. The first kappa shape index (κ1) is 9.09. The molecule has 0 aliphatic rings. The van der Waals surface area contributed by atoms with Crippen molar-refractivity contribution in [2.24, 2.45) is 0 Å². The Labute approximate surface area is 119 Å². The van der Waals surface area contributed by atoms with E-state index in [1.165, 1.54) is 0 Å². The monoisotopic (exact) mass is 270 g/mol.